The highest BCUT2D eigenvalue weighted by Crippen LogP contribution is 2.34. The van der Waals surface area contributed by atoms with Gasteiger partial charge in [0, 0.05) is 23.7 Å². The number of rotatable bonds is 4. The maximum atomic E-state index is 13.1. The van der Waals surface area contributed by atoms with Gasteiger partial charge in [0.05, 0.1) is 5.54 Å². The number of halogens is 1. The van der Waals surface area contributed by atoms with Crippen LogP contribution in [0, 0.1) is 0 Å². The standard InChI is InChI=1S/C21H24BrN3O2/c22-17-8-4-7-16(13-17)21(9-11-27-12-10-21)23-20(26)19-14-18(24-25-19)15-5-2-1-3-6-15/h1-8,13,18-19,24-25H,9-12,14H2,(H,23,26). The fraction of sp³-hybridized carbons (Fsp3) is 0.381. The smallest absolute Gasteiger partial charge is 0.239 e. The molecule has 2 heterocycles. The summed E-state index contributed by atoms with van der Waals surface area (Å²) in [4.78, 5) is 13.1. The van der Waals surface area contributed by atoms with Gasteiger partial charge >= 0.3 is 0 Å². The molecule has 0 spiro atoms. The lowest BCUT2D eigenvalue weighted by molar-refractivity contribution is -0.126. The Morgan fingerprint density at radius 1 is 1.07 bits per heavy atom. The van der Waals surface area contributed by atoms with Crippen molar-refractivity contribution in [1.29, 1.82) is 0 Å². The van der Waals surface area contributed by atoms with Gasteiger partial charge in [-0.05, 0) is 42.5 Å². The number of benzene rings is 2. The van der Waals surface area contributed by atoms with E-state index < -0.39 is 0 Å². The van der Waals surface area contributed by atoms with Gasteiger partial charge in [0.25, 0.3) is 0 Å². The van der Waals surface area contributed by atoms with Crippen molar-refractivity contribution in [2.24, 2.45) is 0 Å². The number of amides is 1. The SMILES string of the molecule is O=C(NC1(c2cccc(Br)c2)CCOCC1)C1CC(c2ccccc2)NN1. The average molecular weight is 430 g/mol. The van der Waals surface area contributed by atoms with Crippen molar-refractivity contribution in [2.75, 3.05) is 13.2 Å². The predicted molar refractivity (Wildman–Crippen MR) is 108 cm³/mol. The van der Waals surface area contributed by atoms with Crippen LogP contribution in [0.3, 0.4) is 0 Å². The molecule has 1 amide bonds. The third kappa shape index (κ3) is 4.09. The lowest BCUT2D eigenvalue weighted by Gasteiger charge is -2.39. The number of hydrogen-bond acceptors (Lipinski definition) is 4. The first-order chi connectivity index (χ1) is 13.2. The molecule has 2 aromatic carbocycles. The van der Waals surface area contributed by atoms with Crippen LogP contribution in [0.5, 0.6) is 0 Å². The van der Waals surface area contributed by atoms with Crippen LogP contribution < -0.4 is 16.2 Å². The van der Waals surface area contributed by atoms with E-state index in [0.29, 0.717) is 13.2 Å². The molecule has 27 heavy (non-hydrogen) atoms. The molecule has 142 valence electrons. The lowest BCUT2D eigenvalue weighted by atomic mass is 9.82. The van der Waals surface area contributed by atoms with E-state index in [2.05, 4.69) is 56.4 Å². The molecule has 2 atom stereocenters. The quantitative estimate of drug-likeness (QED) is 0.698. The summed E-state index contributed by atoms with van der Waals surface area (Å²) in [6.45, 7) is 1.30. The Bertz CT molecular complexity index is 793. The zero-order valence-corrected chi connectivity index (χ0v) is 16.7. The van der Waals surface area contributed by atoms with Crippen LogP contribution in [0.2, 0.25) is 0 Å². The Morgan fingerprint density at radius 3 is 2.59 bits per heavy atom. The van der Waals surface area contributed by atoms with E-state index in [1.165, 1.54) is 5.56 Å². The summed E-state index contributed by atoms with van der Waals surface area (Å²) in [7, 11) is 0. The minimum atomic E-state index is -0.383. The summed E-state index contributed by atoms with van der Waals surface area (Å²) in [5.74, 6) is 0.0304. The summed E-state index contributed by atoms with van der Waals surface area (Å²) in [6, 6.07) is 18.3. The largest absolute Gasteiger partial charge is 0.381 e. The van der Waals surface area contributed by atoms with Crippen molar-refractivity contribution < 1.29 is 9.53 Å². The van der Waals surface area contributed by atoms with E-state index in [-0.39, 0.29) is 23.5 Å². The average Bonchev–Trinajstić information content (AvgIpc) is 3.20. The van der Waals surface area contributed by atoms with Gasteiger partial charge in [-0.3, -0.25) is 4.79 Å². The summed E-state index contributed by atoms with van der Waals surface area (Å²) in [5.41, 5.74) is 8.36. The second-order valence-electron chi connectivity index (χ2n) is 7.23. The molecule has 0 bridgehead atoms. The highest BCUT2D eigenvalue weighted by Gasteiger charge is 2.39. The van der Waals surface area contributed by atoms with E-state index >= 15 is 0 Å². The zero-order chi connectivity index (χ0) is 18.7. The topological polar surface area (TPSA) is 62.4 Å². The van der Waals surface area contributed by atoms with Gasteiger partial charge in [0.1, 0.15) is 6.04 Å². The Hall–Kier alpha value is -1.73. The van der Waals surface area contributed by atoms with Crippen molar-refractivity contribution in [3.63, 3.8) is 0 Å². The van der Waals surface area contributed by atoms with Crippen LogP contribution in [0.25, 0.3) is 0 Å². The summed E-state index contributed by atoms with van der Waals surface area (Å²) in [5, 5.41) is 3.35. The number of hydrogen-bond donors (Lipinski definition) is 3. The second-order valence-corrected chi connectivity index (χ2v) is 8.15. The maximum absolute atomic E-state index is 13.1. The maximum Gasteiger partial charge on any atom is 0.239 e. The van der Waals surface area contributed by atoms with Gasteiger partial charge in [-0.1, -0.05) is 58.4 Å². The molecule has 2 aromatic rings. The summed E-state index contributed by atoms with van der Waals surface area (Å²) >= 11 is 3.55. The third-order valence-corrected chi connectivity index (χ3v) is 6.00. The molecule has 0 radical (unpaired) electrons. The first-order valence-corrected chi connectivity index (χ1v) is 10.2. The lowest BCUT2D eigenvalue weighted by Crippen LogP contribution is -2.54. The molecule has 3 N–H and O–H groups in total. The summed E-state index contributed by atoms with van der Waals surface area (Å²) < 4.78 is 6.59. The minimum absolute atomic E-state index is 0.0304. The van der Waals surface area contributed by atoms with Gasteiger partial charge in [0.2, 0.25) is 5.91 Å². The first kappa shape index (κ1) is 18.6. The number of carbonyl (C=O) groups excluding carboxylic acids is 1. The van der Waals surface area contributed by atoms with Crippen LogP contribution in [-0.4, -0.2) is 25.2 Å². The molecular weight excluding hydrogens is 406 g/mol. The van der Waals surface area contributed by atoms with E-state index in [9.17, 15) is 4.79 Å². The van der Waals surface area contributed by atoms with Crippen molar-refractivity contribution in [3.8, 4) is 0 Å². The highest BCUT2D eigenvalue weighted by atomic mass is 79.9. The highest BCUT2D eigenvalue weighted by molar-refractivity contribution is 9.10. The molecule has 2 saturated heterocycles. The third-order valence-electron chi connectivity index (χ3n) is 5.51. The van der Waals surface area contributed by atoms with Gasteiger partial charge in [-0.2, -0.15) is 0 Å². The number of nitrogens with one attached hydrogen (secondary N) is 3. The van der Waals surface area contributed by atoms with E-state index in [0.717, 1.165) is 29.3 Å². The summed E-state index contributed by atoms with van der Waals surface area (Å²) in [6.07, 6.45) is 2.27. The molecule has 0 saturated carbocycles. The van der Waals surface area contributed by atoms with Gasteiger partial charge < -0.3 is 10.1 Å². The fourth-order valence-electron chi connectivity index (χ4n) is 3.95. The fourth-order valence-corrected chi connectivity index (χ4v) is 4.35. The zero-order valence-electron chi connectivity index (χ0n) is 15.1. The van der Waals surface area contributed by atoms with Crippen molar-refractivity contribution in [3.05, 3.63) is 70.2 Å². The number of ether oxygens (including phenoxy) is 1. The molecule has 2 aliphatic rings. The molecule has 0 aromatic heterocycles. The molecule has 5 nitrogen and oxygen atoms in total. The molecule has 6 heteroatoms. The normalized spacial score (nSPS) is 24.5. The van der Waals surface area contributed by atoms with Gasteiger partial charge in [0.15, 0.2) is 0 Å². The Labute approximate surface area is 168 Å². The van der Waals surface area contributed by atoms with Crippen molar-refractivity contribution in [1.82, 2.24) is 16.2 Å². The van der Waals surface area contributed by atoms with Crippen molar-refractivity contribution in [2.45, 2.75) is 36.9 Å². The van der Waals surface area contributed by atoms with Gasteiger partial charge in [-0.25, -0.2) is 10.9 Å². The van der Waals surface area contributed by atoms with E-state index in [1.807, 2.05) is 30.3 Å². The Balaban J connectivity index is 1.49. The monoisotopic (exact) mass is 429 g/mol. The predicted octanol–water partition coefficient (Wildman–Crippen LogP) is 3.18. The van der Waals surface area contributed by atoms with Crippen LogP contribution in [0.1, 0.15) is 36.4 Å². The molecule has 2 aliphatic heterocycles. The first-order valence-electron chi connectivity index (χ1n) is 9.38. The van der Waals surface area contributed by atoms with E-state index in [4.69, 9.17) is 4.74 Å². The Morgan fingerprint density at radius 2 is 1.85 bits per heavy atom. The Kier molecular flexibility index (Phi) is 5.59. The number of hydrazine groups is 1. The van der Waals surface area contributed by atoms with Crippen LogP contribution in [0.15, 0.2) is 59.1 Å². The van der Waals surface area contributed by atoms with E-state index in [1.54, 1.807) is 0 Å². The van der Waals surface area contributed by atoms with Crippen LogP contribution in [-0.2, 0) is 15.1 Å². The van der Waals surface area contributed by atoms with Crippen LogP contribution in [0.4, 0.5) is 0 Å². The van der Waals surface area contributed by atoms with Crippen molar-refractivity contribution >= 4 is 21.8 Å². The molecule has 4 rings (SSSR count). The van der Waals surface area contributed by atoms with Gasteiger partial charge in [-0.15, -0.1) is 0 Å². The molecule has 2 fully saturated rings. The second kappa shape index (κ2) is 8.10. The molecule has 0 aliphatic carbocycles. The number of carbonyl (C=O) groups is 1. The van der Waals surface area contributed by atoms with Crippen LogP contribution >= 0.6 is 15.9 Å². The minimum Gasteiger partial charge on any atom is -0.381 e. The molecule has 2 unspecified atom stereocenters. The molecular formula is C21H24BrN3O2.